The van der Waals surface area contributed by atoms with Crippen LogP contribution in [-0.4, -0.2) is 14.7 Å². The van der Waals surface area contributed by atoms with E-state index in [1.165, 1.54) is 19.1 Å². The van der Waals surface area contributed by atoms with Crippen molar-refractivity contribution in [3.8, 4) is 12.3 Å². The first-order valence-electron chi connectivity index (χ1n) is 6.29. The predicted molar refractivity (Wildman–Crippen MR) is 75.3 cm³/mol. The van der Waals surface area contributed by atoms with Gasteiger partial charge in [-0.2, -0.15) is 0 Å². The van der Waals surface area contributed by atoms with Crippen LogP contribution in [0, 0.1) is 12.3 Å². The van der Waals surface area contributed by atoms with E-state index in [4.69, 9.17) is 6.42 Å². The molecular weight excluding hydrogens is 244 g/mol. The Morgan fingerprint density at radius 2 is 1.94 bits per heavy atom. The maximum absolute atomic E-state index is 11.8. The summed E-state index contributed by atoms with van der Waals surface area (Å²) >= 11 is 0. The highest BCUT2D eigenvalue weighted by Crippen LogP contribution is 2.22. The van der Waals surface area contributed by atoms with Crippen molar-refractivity contribution >= 4 is 9.84 Å². The van der Waals surface area contributed by atoms with Gasteiger partial charge in [-0.3, -0.25) is 0 Å². The molecular formula is C15H20O2S. The zero-order valence-corrected chi connectivity index (χ0v) is 11.9. The standard InChI is InChI=1S/C15H20O2S/c1-4-6-7-8-10-14-12-9-11-13(5-2)15(14)18(3,16)17/h2,9,11-12H,4,6-8,10H2,1,3H3. The van der Waals surface area contributed by atoms with Crippen molar-refractivity contribution in [3.63, 3.8) is 0 Å². The van der Waals surface area contributed by atoms with Gasteiger partial charge < -0.3 is 0 Å². The summed E-state index contributed by atoms with van der Waals surface area (Å²) in [4.78, 5) is 0.337. The quantitative estimate of drug-likeness (QED) is 0.584. The van der Waals surface area contributed by atoms with Crippen molar-refractivity contribution in [1.29, 1.82) is 0 Å². The monoisotopic (exact) mass is 264 g/mol. The molecule has 0 aromatic heterocycles. The fourth-order valence-electron chi connectivity index (χ4n) is 2.08. The number of unbranched alkanes of at least 4 members (excludes halogenated alkanes) is 3. The van der Waals surface area contributed by atoms with Crippen LogP contribution in [0.25, 0.3) is 0 Å². The molecule has 98 valence electrons. The van der Waals surface area contributed by atoms with Gasteiger partial charge in [0.25, 0.3) is 0 Å². The first kappa shape index (κ1) is 14.8. The molecule has 1 rings (SSSR count). The number of terminal acetylenes is 1. The Hall–Kier alpha value is -1.27. The van der Waals surface area contributed by atoms with E-state index in [9.17, 15) is 8.42 Å². The van der Waals surface area contributed by atoms with Gasteiger partial charge in [0.15, 0.2) is 9.84 Å². The highest BCUT2D eigenvalue weighted by molar-refractivity contribution is 7.90. The van der Waals surface area contributed by atoms with Crippen LogP contribution in [0.5, 0.6) is 0 Å². The van der Waals surface area contributed by atoms with Gasteiger partial charge >= 0.3 is 0 Å². The second-order valence-corrected chi connectivity index (χ2v) is 6.47. The van der Waals surface area contributed by atoms with Gasteiger partial charge in [0.05, 0.1) is 4.90 Å². The van der Waals surface area contributed by atoms with Gasteiger partial charge in [0, 0.05) is 11.8 Å². The van der Waals surface area contributed by atoms with E-state index in [1.807, 2.05) is 12.1 Å². The third-order valence-corrected chi connectivity index (χ3v) is 4.15. The molecule has 1 aromatic carbocycles. The van der Waals surface area contributed by atoms with E-state index in [0.29, 0.717) is 10.5 Å². The highest BCUT2D eigenvalue weighted by Gasteiger charge is 2.16. The molecule has 1 aromatic rings. The molecule has 2 nitrogen and oxygen atoms in total. The van der Waals surface area contributed by atoms with Gasteiger partial charge in [0.1, 0.15) is 0 Å². The van der Waals surface area contributed by atoms with E-state index in [0.717, 1.165) is 24.8 Å². The first-order valence-corrected chi connectivity index (χ1v) is 8.18. The van der Waals surface area contributed by atoms with Gasteiger partial charge in [-0.25, -0.2) is 8.42 Å². The second kappa shape index (κ2) is 6.61. The summed E-state index contributed by atoms with van der Waals surface area (Å²) < 4.78 is 23.7. The van der Waals surface area contributed by atoms with E-state index in [2.05, 4.69) is 12.8 Å². The van der Waals surface area contributed by atoms with Crippen molar-refractivity contribution in [3.05, 3.63) is 29.3 Å². The molecule has 0 spiro atoms. The van der Waals surface area contributed by atoms with E-state index in [1.54, 1.807) is 6.07 Å². The molecule has 0 amide bonds. The van der Waals surface area contributed by atoms with Crippen molar-refractivity contribution < 1.29 is 8.42 Å². The molecule has 0 radical (unpaired) electrons. The topological polar surface area (TPSA) is 34.1 Å². The molecule has 0 saturated carbocycles. The molecule has 0 aliphatic rings. The van der Waals surface area contributed by atoms with Gasteiger partial charge in [0.2, 0.25) is 0 Å². The molecule has 0 N–H and O–H groups in total. The third-order valence-electron chi connectivity index (χ3n) is 2.92. The second-order valence-electron chi connectivity index (χ2n) is 4.52. The smallest absolute Gasteiger partial charge is 0.177 e. The van der Waals surface area contributed by atoms with Crippen LogP contribution < -0.4 is 0 Å². The number of aryl methyl sites for hydroxylation is 1. The molecule has 0 aliphatic heterocycles. The van der Waals surface area contributed by atoms with Crippen molar-refractivity contribution in [2.75, 3.05) is 6.26 Å². The fourth-order valence-corrected chi connectivity index (χ4v) is 3.25. The van der Waals surface area contributed by atoms with Crippen LogP contribution in [0.4, 0.5) is 0 Å². The number of benzene rings is 1. The Labute approximate surface area is 110 Å². The summed E-state index contributed by atoms with van der Waals surface area (Å²) in [7, 11) is -3.26. The Kier molecular flexibility index (Phi) is 5.43. The van der Waals surface area contributed by atoms with E-state index in [-0.39, 0.29) is 0 Å². The summed E-state index contributed by atoms with van der Waals surface area (Å²) in [5.41, 5.74) is 1.33. The number of hydrogen-bond donors (Lipinski definition) is 0. The molecule has 18 heavy (non-hydrogen) atoms. The Morgan fingerprint density at radius 1 is 1.22 bits per heavy atom. The third kappa shape index (κ3) is 3.89. The van der Waals surface area contributed by atoms with Crippen LogP contribution in [0.3, 0.4) is 0 Å². The van der Waals surface area contributed by atoms with Crippen LogP contribution in [0.15, 0.2) is 23.1 Å². The summed E-state index contributed by atoms with van der Waals surface area (Å²) in [5.74, 6) is 2.46. The average Bonchev–Trinajstić information content (AvgIpc) is 2.33. The lowest BCUT2D eigenvalue weighted by molar-refractivity contribution is 0.599. The SMILES string of the molecule is C#Cc1cccc(CCCCCC)c1S(C)(=O)=O. The van der Waals surface area contributed by atoms with Crippen LogP contribution in [0.1, 0.15) is 43.7 Å². The van der Waals surface area contributed by atoms with Crippen LogP contribution in [-0.2, 0) is 16.3 Å². The molecule has 0 bridgehead atoms. The summed E-state index contributed by atoms with van der Waals surface area (Å²) in [5, 5.41) is 0. The minimum atomic E-state index is -3.26. The predicted octanol–water partition coefficient (Wildman–Crippen LogP) is 3.19. The highest BCUT2D eigenvalue weighted by atomic mass is 32.2. The first-order chi connectivity index (χ1) is 8.50. The normalized spacial score (nSPS) is 11.2. The minimum absolute atomic E-state index is 0.337. The molecule has 0 unspecified atom stereocenters. The molecule has 0 aliphatic carbocycles. The number of sulfone groups is 1. The number of hydrogen-bond acceptors (Lipinski definition) is 2. The van der Waals surface area contributed by atoms with Gasteiger partial charge in [-0.15, -0.1) is 6.42 Å². The van der Waals surface area contributed by atoms with Crippen molar-refractivity contribution in [2.24, 2.45) is 0 Å². The Balaban J connectivity index is 3.02. The lowest BCUT2D eigenvalue weighted by Gasteiger charge is -2.10. The summed E-state index contributed by atoms with van der Waals surface area (Å²) in [6, 6.07) is 5.38. The zero-order chi connectivity index (χ0) is 13.6. The minimum Gasteiger partial charge on any atom is -0.224 e. The summed E-state index contributed by atoms with van der Waals surface area (Å²) in [6.07, 6.45) is 11.9. The van der Waals surface area contributed by atoms with E-state index < -0.39 is 9.84 Å². The van der Waals surface area contributed by atoms with Crippen molar-refractivity contribution in [2.45, 2.75) is 43.9 Å². The lowest BCUT2D eigenvalue weighted by Crippen LogP contribution is -2.05. The van der Waals surface area contributed by atoms with Gasteiger partial charge in [-0.1, -0.05) is 44.2 Å². The molecule has 0 saturated heterocycles. The zero-order valence-electron chi connectivity index (χ0n) is 11.1. The molecule has 0 atom stereocenters. The lowest BCUT2D eigenvalue weighted by atomic mass is 10.0. The number of rotatable bonds is 6. The Bertz CT molecular complexity index is 536. The largest absolute Gasteiger partial charge is 0.224 e. The average molecular weight is 264 g/mol. The van der Waals surface area contributed by atoms with E-state index >= 15 is 0 Å². The Morgan fingerprint density at radius 3 is 2.50 bits per heavy atom. The maximum atomic E-state index is 11.8. The maximum Gasteiger partial charge on any atom is 0.177 e. The molecule has 0 heterocycles. The molecule has 0 fully saturated rings. The summed E-state index contributed by atoms with van der Waals surface area (Å²) in [6.45, 7) is 2.15. The van der Waals surface area contributed by atoms with Crippen LogP contribution in [0.2, 0.25) is 0 Å². The fraction of sp³-hybridized carbons (Fsp3) is 0.467. The van der Waals surface area contributed by atoms with Crippen LogP contribution >= 0.6 is 0 Å². The van der Waals surface area contributed by atoms with Crippen molar-refractivity contribution in [1.82, 2.24) is 0 Å². The van der Waals surface area contributed by atoms with Gasteiger partial charge in [-0.05, 0) is 24.5 Å². The molecule has 3 heteroatoms.